The lowest BCUT2D eigenvalue weighted by molar-refractivity contribution is -0.149. The lowest BCUT2D eigenvalue weighted by atomic mass is 9.93. The number of para-hydroxylation sites is 3. The number of anilines is 3. The minimum absolute atomic E-state index is 0.0189. The van der Waals surface area contributed by atoms with Gasteiger partial charge >= 0.3 is 41.1 Å². The van der Waals surface area contributed by atoms with Gasteiger partial charge in [0.15, 0.2) is 81.4 Å². The van der Waals surface area contributed by atoms with Crippen molar-refractivity contribution in [2.75, 3.05) is 36.4 Å². The first-order chi connectivity index (χ1) is 57.1. The molecule has 12 rings (SSSR count). The Kier molecular flexibility index (Phi) is 26.8. The van der Waals surface area contributed by atoms with Crippen molar-refractivity contribution >= 4 is 92.5 Å². The number of imidazole rings is 3. The number of aliphatic hydroxyl groups is 6. The van der Waals surface area contributed by atoms with Crippen molar-refractivity contribution in [3.8, 4) is 17.2 Å². The molecule has 0 bridgehead atoms. The molecule has 3 aliphatic heterocycles. The molecule has 6 aromatic heterocycles. The zero-order valence-electron chi connectivity index (χ0n) is 65.7. The van der Waals surface area contributed by atoms with E-state index in [0.29, 0.717) is 0 Å². The van der Waals surface area contributed by atoms with Gasteiger partial charge < -0.3 is 89.0 Å². The summed E-state index contributed by atoms with van der Waals surface area (Å²) < 4.78 is 163. The number of aromatic nitrogens is 12. The number of aromatic amines is 3. The first-order valence-electron chi connectivity index (χ1n) is 37.2. The Balaban J connectivity index is 0.699. The molecular weight excluding hydrogens is 1670 g/mol. The Morgan fingerprint density at radius 1 is 0.471 bits per heavy atom. The van der Waals surface area contributed by atoms with Crippen molar-refractivity contribution < 1.29 is 127 Å². The van der Waals surface area contributed by atoms with Crippen LogP contribution in [-0.2, 0) is 70.1 Å². The highest BCUT2D eigenvalue weighted by molar-refractivity contribution is 7.52. The number of rotatable bonds is 37. The minimum atomic E-state index is -5.01. The van der Waals surface area contributed by atoms with Crippen LogP contribution in [-0.4, -0.2) is 236 Å². The number of H-pyrrole nitrogens is 3. The average molecular weight is 1760 g/mol. The third-order valence-corrected chi connectivity index (χ3v) is 24.6. The summed E-state index contributed by atoms with van der Waals surface area (Å²) >= 11 is 0. The van der Waals surface area contributed by atoms with Gasteiger partial charge in [-0.15, -0.1) is 0 Å². The van der Waals surface area contributed by atoms with Gasteiger partial charge in [-0.05, 0) is 106 Å². The molecule has 3 aromatic carbocycles. The summed E-state index contributed by atoms with van der Waals surface area (Å²) in [4.78, 5) is 113. The summed E-state index contributed by atoms with van der Waals surface area (Å²) in [6, 6.07) is 17.7. The Morgan fingerprint density at radius 3 is 1.04 bits per heavy atom. The number of nitrogens with one attached hydrogen (secondary N) is 8. The van der Waals surface area contributed by atoms with E-state index < -0.39 is 239 Å². The second-order valence-electron chi connectivity index (χ2n) is 28.9. The van der Waals surface area contributed by atoms with Crippen molar-refractivity contribution in [1.82, 2.24) is 73.8 Å². The number of hydrogen-bond acceptors (Lipinski definition) is 36. The fourth-order valence-corrected chi connectivity index (χ4v) is 18.4. The van der Waals surface area contributed by atoms with E-state index in [4.69, 9.17) is 61.3 Å². The summed E-state index contributed by atoms with van der Waals surface area (Å²) in [7, 11) is -14.6. The van der Waals surface area contributed by atoms with Gasteiger partial charge in [-0.2, -0.15) is 30.2 Å². The van der Waals surface area contributed by atoms with Crippen LogP contribution in [0.5, 0.6) is 17.2 Å². The van der Waals surface area contributed by atoms with Crippen LogP contribution in [0.4, 0.5) is 31.0 Å². The fourth-order valence-electron chi connectivity index (χ4n) is 13.4. The smallest absolute Gasteiger partial charge is 0.459 e. The number of carbonyl (C=O) groups is 3. The Hall–Kier alpha value is -10.2. The molecule has 16 N–H and O–H groups in total. The van der Waals surface area contributed by atoms with E-state index in [1.54, 1.807) is 44.2 Å². The SMILES string of the molecule is CC(C)OC(=O)[C@H](C)NP(=O)(Oc1ccccc1)O[C@H](C)[C@H]1O[C@@H](n2cnc3c(=O)[nH]c(NC(C)OC(=O)[C@H](C)N[P@@](=O)(Oc4ccccc4)O[C@H](C)[C@H]4O[C@@H](n5cnc6c(=O)[nH]c(NC(C)OC(=O)[C@H](C)N[P@](=O)(Oc7ccccc7)O[C@H](C)[C@H]7O[C@@H](n8cnc9c(=O)[nH]c(N)nc98)[C@@](O)(CF)C7O)nc65)[C@@](O)(CF)C4O)nc32)[C@@](O)(CF)C1O. The van der Waals surface area contributed by atoms with E-state index in [2.05, 4.69) is 70.8 Å². The van der Waals surface area contributed by atoms with E-state index in [0.717, 1.165) is 32.7 Å². The molecule has 23 atom stereocenters. The third kappa shape index (κ3) is 19.1. The van der Waals surface area contributed by atoms with Crippen LogP contribution in [0.3, 0.4) is 0 Å². The molecule has 9 heterocycles. The number of halogens is 3. The summed E-state index contributed by atoms with van der Waals surface area (Å²) in [6.45, 7) is 7.95. The van der Waals surface area contributed by atoms with Crippen molar-refractivity contribution in [1.29, 1.82) is 0 Å². The largest absolute Gasteiger partial charge is 0.462 e. The second-order valence-corrected chi connectivity index (χ2v) is 33.9. The standard InChI is InChI=1S/C70H88F3N18O27P3/c1-32(2)107-59(98)33(3)86-119(104,116-41-20-14-11-15-21-41)113-37(7)48-51(93)69(102,27-72)63(111-48)90-30-76-45-54(90)81-66(84-57(45)96)79-40(10)109-61(100)35(5)88-121(106,118-43-24-18-13-19-25-43)115-38(8)49-52(94)70(103,28-73)64(112-49)91-31-77-46-55(91)82-67(85-58(46)97)78-39(9)108-60(99)34(4)87-120(105,117-42-22-16-12-17-23-42)114-36(6)47-50(92)68(101,26-71)62(110-47)89-29-75-44-53(89)80-65(74)83-56(44)95/h11-25,29-40,47-52,62-64,92-94,101-103H,26-28H2,1-10H3,(H,86,104)(H,87,105)(H,88,106)(H3,74,80,83,95)(H2,78,82,85,97)(H2,79,81,84,96)/t33-,34-,35-,36+,37+,38+,39?,40?,47+,48+,49+,50?,51?,52?,62+,63+,64+,68+,69+,70+,119?,120+,121-/m0/s1. The van der Waals surface area contributed by atoms with E-state index in [1.807, 2.05) is 0 Å². The fraction of sp³-hybridized carbons (Fsp3) is 0.486. The maximum Gasteiger partial charge on any atom is 0.459 e. The van der Waals surface area contributed by atoms with Gasteiger partial charge in [0.25, 0.3) is 16.7 Å². The molecule has 121 heavy (non-hydrogen) atoms. The quantitative estimate of drug-likeness (QED) is 0.0115. The van der Waals surface area contributed by atoms with Gasteiger partial charge in [0.2, 0.25) is 17.8 Å². The molecule has 3 aliphatic rings. The van der Waals surface area contributed by atoms with Crippen LogP contribution >= 0.6 is 23.2 Å². The number of hydrogen-bond donors (Lipinski definition) is 15. The topological polar surface area (TPSA) is 611 Å². The number of nitrogens with zero attached hydrogens (tertiary/aromatic N) is 9. The number of esters is 3. The maximum absolute atomic E-state index is 15.5. The number of nitrogens with two attached hydrogens (primary N) is 1. The van der Waals surface area contributed by atoms with Crippen LogP contribution in [0.2, 0.25) is 0 Å². The number of fused-ring (bicyclic) bond motifs is 3. The van der Waals surface area contributed by atoms with E-state index in [1.165, 1.54) is 116 Å². The molecule has 9 aromatic rings. The maximum atomic E-state index is 15.5. The lowest BCUT2D eigenvalue weighted by Gasteiger charge is -2.30. The van der Waals surface area contributed by atoms with Crippen LogP contribution in [0, 0.1) is 0 Å². The van der Waals surface area contributed by atoms with E-state index >= 15 is 13.3 Å². The van der Waals surface area contributed by atoms with E-state index in [-0.39, 0.29) is 34.4 Å². The highest BCUT2D eigenvalue weighted by Gasteiger charge is 2.63. The van der Waals surface area contributed by atoms with Crippen LogP contribution < -0.4 is 61.9 Å². The summed E-state index contributed by atoms with van der Waals surface area (Å²) in [5.41, 5.74) is -7.76. The number of alkyl halides is 3. The Labute approximate surface area is 682 Å². The summed E-state index contributed by atoms with van der Waals surface area (Å²) in [6.07, 6.45) is -23.3. The average Bonchev–Trinajstić information content (AvgIpc) is 1.59. The van der Waals surface area contributed by atoms with Gasteiger partial charge in [0, 0.05) is 0 Å². The third-order valence-electron chi connectivity index (χ3n) is 19.3. The molecule has 45 nitrogen and oxygen atoms in total. The molecule has 3 fully saturated rings. The van der Waals surface area contributed by atoms with Crippen LogP contribution in [0.1, 0.15) is 87.9 Å². The van der Waals surface area contributed by atoms with Crippen LogP contribution in [0.25, 0.3) is 33.5 Å². The molecule has 51 heteroatoms. The first kappa shape index (κ1) is 90.0. The minimum Gasteiger partial charge on any atom is -0.462 e. The molecule has 6 unspecified atom stereocenters. The Morgan fingerprint density at radius 2 is 0.752 bits per heavy atom. The molecule has 0 amide bonds. The first-order valence-corrected chi connectivity index (χ1v) is 41.9. The predicted octanol–water partition coefficient (Wildman–Crippen LogP) is 3.11. The number of aliphatic hydroxyl groups excluding tert-OH is 3. The second kappa shape index (κ2) is 36.1. The highest BCUT2D eigenvalue weighted by atomic mass is 31.2. The monoisotopic (exact) mass is 1760 g/mol. The number of nitrogen functional groups attached to an aromatic ring is 1. The predicted molar refractivity (Wildman–Crippen MR) is 414 cm³/mol. The van der Waals surface area contributed by atoms with Crippen molar-refractivity contribution in [3.05, 3.63) is 141 Å². The molecule has 0 spiro atoms. The van der Waals surface area contributed by atoms with Gasteiger partial charge in [-0.3, -0.25) is 71.0 Å². The Bertz CT molecular complexity index is 5560. The summed E-state index contributed by atoms with van der Waals surface area (Å²) in [5, 5.41) is 83.1. The van der Waals surface area contributed by atoms with Crippen LogP contribution in [0.15, 0.2) is 124 Å². The zero-order valence-corrected chi connectivity index (χ0v) is 68.4. The number of carbonyl (C=O) groups excluding carboxylic acids is 3. The molecule has 0 radical (unpaired) electrons. The highest BCUT2D eigenvalue weighted by Crippen LogP contribution is 2.54. The van der Waals surface area contributed by atoms with Gasteiger partial charge in [-0.1, -0.05) is 54.6 Å². The molecule has 3 saturated heterocycles. The molecule has 0 aliphatic carbocycles. The van der Waals surface area contributed by atoms with Gasteiger partial charge in [-0.25, -0.2) is 41.8 Å². The summed E-state index contributed by atoms with van der Waals surface area (Å²) in [5.74, 6) is -4.63. The van der Waals surface area contributed by atoms with E-state index in [9.17, 15) is 72.9 Å². The van der Waals surface area contributed by atoms with Crippen molar-refractivity contribution in [2.45, 2.75) is 196 Å². The van der Waals surface area contributed by atoms with Gasteiger partial charge in [0.1, 0.15) is 92.0 Å². The van der Waals surface area contributed by atoms with Crippen molar-refractivity contribution in [3.63, 3.8) is 0 Å². The number of ether oxygens (including phenoxy) is 6. The lowest BCUT2D eigenvalue weighted by Crippen LogP contribution is -2.50. The normalized spacial score (nSPS) is 26.5. The van der Waals surface area contributed by atoms with Crippen molar-refractivity contribution in [2.24, 2.45) is 0 Å². The molecular formula is C70H88F3N18O27P3. The number of benzene rings is 3. The zero-order chi connectivity index (χ0) is 87.8. The molecule has 656 valence electrons. The van der Waals surface area contributed by atoms with Gasteiger partial charge in [0.05, 0.1) is 43.4 Å². The molecule has 0 saturated carbocycles.